The third-order valence-electron chi connectivity index (χ3n) is 3.78. The highest BCUT2D eigenvalue weighted by Gasteiger charge is 2.16. The van der Waals surface area contributed by atoms with E-state index < -0.39 is 0 Å². The molecule has 0 fully saturated rings. The summed E-state index contributed by atoms with van der Waals surface area (Å²) in [5.74, 6) is 0.763. The number of nitriles is 1. The van der Waals surface area contributed by atoms with Gasteiger partial charge < -0.3 is 4.74 Å². The van der Waals surface area contributed by atoms with Crippen molar-refractivity contribution in [1.82, 2.24) is 14.8 Å². The Morgan fingerprint density at radius 1 is 1.24 bits per heavy atom. The first-order valence-electron chi connectivity index (χ1n) is 7.86. The van der Waals surface area contributed by atoms with Crippen LogP contribution in [0.1, 0.15) is 11.1 Å². The summed E-state index contributed by atoms with van der Waals surface area (Å²) in [5.41, 5.74) is 3.25. The van der Waals surface area contributed by atoms with Gasteiger partial charge in [0.1, 0.15) is 17.3 Å². The number of aromatic nitrogens is 3. The molecule has 1 atom stereocenters. The number of nitrogens with zero attached hydrogens (tertiary/aromatic N) is 4. The molecule has 2 aromatic carbocycles. The Hall–Kier alpha value is -2.78. The maximum atomic E-state index is 9.54. The number of hydrogen-bond acceptors (Lipinski definition) is 5. The van der Waals surface area contributed by atoms with Crippen molar-refractivity contribution < 1.29 is 4.74 Å². The molecule has 126 valence electrons. The summed E-state index contributed by atoms with van der Waals surface area (Å²) >= 11 is 1.42. The van der Waals surface area contributed by atoms with E-state index in [2.05, 4.69) is 47.5 Å². The average Bonchev–Trinajstić information content (AvgIpc) is 3.11. The van der Waals surface area contributed by atoms with Crippen LogP contribution in [-0.4, -0.2) is 27.1 Å². The van der Waals surface area contributed by atoms with E-state index in [-0.39, 0.29) is 5.25 Å². The second-order valence-corrected chi connectivity index (χ2v) is 6.78. The van der Waals surface area contributed by atoms with Crippen molar-refractivity contribution in [1.29, 1.82) is 5.26 Å². The fourth-order valence-electron chi connectivity index (χ4n) is 2.42. The van der Waals surface area contributed by atoms with Crippen molar-refractivity contribution in [2.45, 2.75) is 23.8 Å². The molecule has 0 N–H and O–H groups in total. The zero-order chi connectivity index (χ0) is 17.6. The number of benzene rings is 2. The minimum atomic E-state index is -0.240. The second kappa shape index (κ2) is 7.86. The standard InChI is InChI=1S/C19H18N4OS/c1-14-6-8-15(9-7-14)10-18(12-20)25-19-22-21-13-23(19)16-4-3-5-17(11-16)24-2/h3-9,11,13,18H,10H2,1-2H3. The SMILES string of the molecule is COc1cccc(-n2cnnc2SC(C#N)Cc2ccc(C)cc2)c1. The van der Waals surface area contributed by atoms with Gasteiger partial charge in [0, 0.05) is 6.07 Å². The predicted molar refractivity (Wildman–Crippen MR) is 98.1 cm³/mol. The van der Waals surface area contributed by atoms with E-state index in [9.17, 15) is 5.26 Å². The molecule has 0 saturated heterocycles. The molecule has 0 radical (unpaired) electrons. The van der Waals surface area contributed by atoms with Gasteiger partial charge in [0.15, 0.2) is 5.16 Å². The quantitative estimate of drug-likeness (QED) is 0.633. The number of hydrogen-bond donors (Lipinski definition) is 0. The zero-order valence-corrected chi connectivity index (χ0v) is 14.9. The van der Waals surface area contributed by atoms with Crippen LogP contribution in [-0.2, 0) is 6.42 Å². The topological polar surface area (TPSA) is 63.7 Å². The molecule has 1 unspecified atom stereocenters. The third-order valence-corrected chi connectivity index (χ3v) is 4.83. The van der Waals surface area contributed by atoms with Crippen LogP contribution in [0.5, 0.6) is 5.75 Å². The smallest absolute Gasteiger partial charge is 0.196 e. The van der Waals surface area contributed by atoms with E-state index in [0.717, 1.165) is 17.0 Å². The van der Waals surface area contributed by atoms with Gasteiger partial charge in [0.25, 0.3) is 0 Å². The number of ether oxygens (including phenoxy) is 1. The minimum Gasteiger partial charge on any atom is -0.497 e. The molecule has 6 heteroatoms. The molecule has 1 heterocycles. The lowest BCUT2D eigenvalue weighted by Gasteiger charge is -2.11. The number of rotatable bonds is 6. The first kappa shape index (κ1) is 17.1. The Kier molecular flexibility index (Phi) is 5.36. The van der Waals surface area contributed by atoms with Crippen LogP contribution in [0.4, 0.5) is 0 Å². The van der Waals surface area contributed by atoms with Gasteiger partial charge in [-0.05, 0) is 31.0 Å². The van der Waals surface area contributed by atoms with Gasteiger partial charge in [-0.25, -0.2) is 0 Å². The third kappa shape index (κ3) is 4.20. The van der Waals surface area contributed by atoms with E-state index in [1.807, 2.05) is 28.8 Å². The molecular formula is C19H18N4OS. The number of methoxy groups -OCH3 is 1. The van der Waals surface area contributed by atoms with E-state index in [1.54, 1.807) is 13.4 Å². The summed E-state index contributed by atoms with van der Waals surface area (Å²) in [6, 6.07) is 18.3. The largest absolute Gasteiger partial charge is 0.497 e. The van der Waals surface area contributed by atoms with Crippen LogP contribution in [0.25, 0.3) is 5.69 Å². The second-order valence-electron chi connectivity index (χ2n) is 5.61. The molecule has 5 nitrogen and oxygen atoms in total. The summed E-state index contributed by atoms with van der Waals surface area (Å²) in [6.45, 7) is 2.05. The maximum Gasteiger partial charge on any atom is 0.196 e. The Morgan fingerprint density at radius 3 is 2.76 bits per heavy atom. The van der Waals surface area contributed by atoms with Gasteiger partial charge in [-0.3, -0.25) is 4.57 Å². The van der Waals surface area contributed by atoms with E-state index >= 15 is 0 Å². The van der Waals surface area contributed by atoms with E-state index in [1.165, 1.54) is 17.3 Å². The van der Waals surface area contributed by atoms with Crippen LogP contribution in [0.2, 0.25) is 0 Å². The molecule has 0 aliphatic heterocycles. The number of aryl methyl sites for hydroxylation is 1. The molecule has 3 rings (SSSR count). The highest BCUT2D eigenvalue weighted by atomic mass is 32.2. The van der Waals surface area contributed by atoms with Gasteiger partial charge in [-0.15, -0.1) is 10.2 Å². The van der Waals surface area contributed by atoms with Crippen molar-refractivity contribution in [2.24, 2.45) is 0 Å². The summed E-state index contributed by atoms with van der Waals surface area (Å²) in [4.78, 5) is 0. The van der Waals surface area contributed by atoms with Crippen LogP contribution in [0.3, 0.4) is 0 Å². The summed E-state index contributed by atoms with van der Waals surface area (Å²) in [6.07, 6.45) is 2.31. The maximum absolute atomic E-state index is 9.54. The fourth-order valence-corrected chi connectivity index (χ4v) is 3.36. The normalized spacial score (nSPS) is 11.7. The molecule has 0 bridgehead atoms. The van der Waals surface area contributed by atoms with E-state index in [0.29, 0.717) is 11.6 Å². The van der Waals surface area contributed by atoms with Crippen molar-refractivity contribution >= 4 is 11.8 Å². The van der Waals surface area contributed by atoms with Crippen molar-refractivity contribution in [3.63, 3.8) is 0 Å². The van der Waals surface area contributed by atoms with Gasteiger partial charge in [-0.1, -0.05) is 47.7 Å². The monoisotopic (exact) mass is 350 g/mol. The van der Waals surface area contributed by atoms with Crippen LogP contribution in [0.15, 0.2) is 60.0 Å². The zero-order valence-electron chi connectivity index (χ0n) is 14.1. The molecule has 1 aromatic heterocycles. The van der Waals surface area contributed by atoms with E-state index in [4.69, 9.17) is 4.74 Å². The first-order chi connectivity index (χ1) is 12.2. The molecule has 3 aromatic rings. The van der Waals surface area contributed by atoms with Gasteiger partial charge >= 0.3 is 0 Å². The summed E-state index contributed by atoms with van der Waals surface area (Å²) in [5, 5.41) is 18.2. The van der Waals surface area contributed by atoms with Crippen molar-refractivity contribution in [3.05, 3.63) is 66.0 Å². The summed E-state index contributed by atoms with van der Waals surface area (Å²) < 4.78 is 7.14. The van der Waals surface area contributed by atoms with Crippen molar-refractivity contribution in [2.75, 3.05) is 7.11 Å². The Labute approximate surface area is 151 Å². The first-order valence-corrected chi connectivity index (χ1v) is 8.74. The van der Waals surface area contributed by atoms with Crippen molar-refractivity contribution in [3.8, 4) is 17.5 Å². The lowest BCUT2D eigenvalue weighted by atomic mass is 10.1. The molecular weight excluding hydrogens is 332 g/mol. The summed E-state index contributed by atoms with van der Waals surface area (Å²) in [7, 11) is 1.63. The van der Waals surface area contributed by atoms with Gasteiger partial charge in [0.2, 0.25) is 0 Å². The molecule has 0 aliphatic rings. The lowest BCUT2D eigenvalue weighted by molar-refractivity contribution is 0.414. The molecule has 25 heavy (non-hydrogen) atoms. The van der Waals surface area contributed by atoms with Gasteiger partial charge in [0.05, 0.1) is 18.9 Å². The Bertz CT molecular complexity index is 883. The molecule has 0 aliphatic carbocycles. The molecule has 0 spiro atoms. The molecule has 0 saturated carbocycles. The fraction of sp³-hybridized carbons (Fsp3) is 0.211. The highest BCUT2D eigenvalue weighted by Crippen LogP contribution is 2.27. The predicted octanol–water partition coefficient (Wildman–Crippen LogP) is 3.81. The highest BCUT2D eigenvalue weighted by molar-refractivity contribution is 8.00. The van der Waals surface area contributed by atoms with Gasteiger partial charge in [-0.2, -0.15) is 5.26 Å². The Morgan fingerprint density at radius 2 is 2.04 bits per heavy atom. The minimum absolute atomic E-state index is 0.240. The Balaban J connectivity index is 1.79. The number of thioether (sulfide) groups is 1. The van der Waals surface area contributed by atoms with Crippen LogP contribution < -0.4 is 4.74 Å². The van der Waals surface area contributed by atoms with Crippen LogP contribution >= 0.6 is 11.8 Å². The van der Waals surface area contributed by atoms with Crippen LogP contribution in [0, 0.1) is 18.3 Å². The average molecular weight is 350 g/mol. The molecule has 0 amide bonds. The lowest BCUT2D eigenvalue weighted by Crippen LogP contribution is -2.06.